The second-order valence-corrected chi connectivity index (χ2v) is 5.02. The second-order valence-electron chi connectivity index (χ2n) is 5.02. The Morgan fingerprint density at radius 2 is 1.62 bits per heavy atom. The van der Waals surface area contributed by atoms with Gasteiger partial charge in [0.2, 0.25) is 0 Å². The fourth-order valence-electron chi connectivity index (χ4n) is 2.59. The monoisotopic (exact) mass is 212 g/mol. The lowest BCUT2D eigenvalue weighted by Gasteiger charge is -2.29. The van der Waals surface area contributed by atoms with Crippen LogP contribution in [0.1, 0.15) is 25.7 Å². The van der Waals surface area contributed by atoms with Crippen molar-refractivity contribution in [1.29, 1.82) is 5.26 Å². The Hall–Kier alpha value is -1.49. The quantitative estimate of drug-likeness (QED) is 0.832. The normalized spacial score (nSPS) is 20.2. The lowest BCUT2D eigenvalue weighted by atomic mass is 9.88. The van der Waals surface area contributed by atoms with Crippen molar-refractivity contribution in [3.63, 3.8) is 0 Å². The summed E-state index contributed by atoms with van der Waals surface area (Å²) < 4.78 is 0. The Morgan fingerprint density at radius 1 is 1.06 bits per heavy atom. The van der Waals surface area contributed by atoms with Gasteiger partial charge in [-0.05, 0) is 49.7 Å². The third-order valence-corrected chi connectivity index (χ3v) is 3.75. The first-order chi connectivity index (χ1) is 7.85. The summed E-state index contributed by atoms with van der Waals surface area (Å²) in [6, 6.07) is 12.7. The number of nitriles is 1. The Kier molecular flexibility index (Phi) is 2.14. The SMILES string of the molecule is N#CC(Nc1ccccc1)(C1CC1)C1CC1. The molecule has 2 nitrogen and oxygen atoms in total. The molecule has 0 spiro atoms. The molecule has 82 valence electrons. The van der Waals surface area contributed by atoms with Gasteiger partial charge in [-0.15, -0.1) is 0 Å². The zero-order valence-electron chi connectivity index (χ0n) is 9.32. The highest BCUT2D eigenvalue weighted by Gasteiger charge is 2.55. The van der Waals surface area contributed by atoms with Crippen LogP contribution in [-0.2, 0) is 0 Å². The summed E-state index contributed by atoms with van der Waals surface area (Å²) in [5.74, 6) is 1.15. The highest BCUT2D eigenvalue weighted by Crippen LogP contribution is 2.53. The van der Waals surface area contributed by atoms with Crippen LogP contribution >= 0.6 is 0 Å². The van der Waals surface area contributed by atoms with Crippen LogP contribution in [0.3, 0.4) is 0 Å². The first kappa shape index (κ1) is 9.72. The van der Waals surface area contributed by atoms with Gasteiger partial charge in [-0.2, -0.15) is 5.26 Å². The smallest absolute Gasteiger partial charge is 0.131 e. The van der Waals surface area contributed by atoms with Gasteiger partial charge in [-0.1, -0.05) is 18.2 Å². The van der Waals surface area contributed by atoms with E-state index in [4.69, 9.17) is 0 Å². The maximum atomic E-state index is 9.55. The second kappa shape index (κ2) is 3.52. The Labute approximate surface area is 96.3 Å². The van der Waals surface area contributed by atoms with Gasteiger partial charge in [0, 0.05) is 5.69 Å². The van der Waals surface area contributed by atoms with Crippen LogP contribution in [-0.4, -0.2) is 5.54 Å². The summed E-state index contributed by atoms with van der Waals surface area (Å²) in [6.07, 6.45) is 4.85. The molecule has 0 atom stereocenters. The number of rotatable bonds is 4. The van der Waals surface area contributed by atoms with E-state index in [-0.39, 0.29) is 5.54 Å². The molecule has 0 bridgehead atoms. The summed E-state index contributed by atoms with van der Waals surface area (Å²) in [5, 5.41) is 13.1. The Morgan fingerprint density at radius 3 is 2.06 bits per heavy atom. The maximum Gasteiger partial charge on any atom is 0.131 e. The molecule has 2 saturated carbocycles. The van der Waals surface area contributed by atoms with Gasteiger partial charge in [0.05, 0.1) is 6.07 Å². The van der Waals surface area contributed by atoms with Gasteiger partial charge in [0.25, 0.3) is 0 Å². The fourth-order valence-corrected chi connectivity index (χ4v) is 2.59. The molecule has 3 rings (SSSR count). The van der Waals surface area contributed by atoms with E-state index in [1.54, 1.807) is 0 Å². The van der Waals surface area contributed by atoms with Crippen molar-refractivity contribution in [3.8, 4) is 6.07 Å². The molecule has 16 heavy (non-hydrogen) atoms. The summed E-state index contributed by atoms with van der Waals surface area (Å²) in [4.78, 5) is 0. The third-order valence-electron chi connectivity index (χ3n) is 3.75. The summed E-state index contributed by atoms with van der Waals surface area (Å²) in [6.45, 7) is 0. The van der Waals surface area contributed by atoms with E-state index in [9.17, 15) is 5.26 Å². The average molecular weight is 212 g/mol. The zero-order valence-corrected chi connectivity index (χ0v) is 9.32. The summed E-state index contributed by atoms with van der Waals surface area (Å²) >= 11 is 0. The van der Waals surface area contributed by atoms with Crippen molar-refractivity contribution in [2.45, 2.75) is 31.2 Å². The van der Waals surface area contributed by atoms with Crippen molar-refractivity contribution < 1.29 is 0 Å². The van der Waals surface area contributed by atoms with Crippen LogP contribution in [0.5, 0.6) is 0 Å². The topological polar surface area (TPSA) is 35.8 Å². The number of benzene rings is 1. The zero-order chi connectivity index (χ0) is 11.0. The Bertz CT molecular complexity index is 398. The van der Waals surface area contributed by atoms with E-state index in [0.29, 0.717) is 11.8 Å². The third kappa shape index (κ3) is 1.57. The molecule has 2 fully saturated rings. The minimum Gasteiger partial charge on any atom is -0.367 e. The molecule has 0 aliphatic heterocycles. The number of hydrogen-bond acceptors (Lipinski definition) is 2. The summed E-state index contributed by atoms with van der Waals surface area (Å²) in [7, 11) is 0. The minimum absolute atomic E-state index is 0.276. The van der Waals surface area contributed by atoms with Crippen molar-refractivity contribution in [3.05, 3.63) is 30.3 Å². The molecule has 2 heteroatoms. The molecule has 2 aliphatic rings. The van der Waals surface area contributed by atoms with Crippen molar-refractivity contribution >= 4 is 5.69 Å². The number of anilines is 1. The molecule has 2 aliphatic carbocycles. The molecule has 0 unspecified atom stereocenters. The van der Waals surface area contributed by atoms with Crippen LogP contribution in [0.25, 0.3) is 0 Å². The molecule has 1 N–H and O–H groups in total. The van der Waals surface area contributed by atoms with E-state index >= 15 is 0 Å². The molecule has 0 aromatic heterocycles. The molecule has 0 saturated heterocycles. The summed E-state index contributed by atoms with van der Waals surface area (Å²) in [5.41, 5.74) is 0.810. The van der Waals surface area contributed by atoms with Crippen molar-refractivity contribution in [2.24, 2.45) is 11.8 Å². The van der Waals surface area contributed by atoms with E-state index in [1.165, 1.54) is 25.7 Å². The first-order valence-electron chi connectivity index (χ1n) is 6.09. The molecule has 1 aromatic rings. The van der Waals surface area contributed by atoms with Crippen LogP contribution in [0.4, 0.5) is 5.69 Å². The molecule has 0 radical (unpaired) electrons. The maximum absolute atomic E-state index is 9.55. The lowest BCUT2D eigenvalue weighted by molar-refractivity contribution is 0.455. The molecule has 1 aromatic carbocycles. The fraction of sp³-hybridized carbons (Fsp3) is 0.500. The number of nitrogens with zero attached hydrogens (tertiary/aromatic N) is 1. The van der Waals surface area contributed by atoms with Crippen LogP contribution in [0.15, 0.2) is 30.3 Å². The van der Waals surface area contributed by atoms with Crippen LogP contribution < -0.4 is 5.32 Å². The average Bonchev–Trinajstić information content (AvgIpc) is 3.20. The molecule has 0 heterocycles. The highest BCUT2D eigenvalue weighted by molar-refractivity contribution is 5.49. The van der Waals surface area contributed by atoms with Crippen molar-refractivity contribution in [1.82, 2.24) is 0 Å². The molecule has 0 amide bonds. The van der Waals surface area contributed by atoms with Crippen molar-refractivity contribution in [2.75, 3.05) is 5.32 Å². The first-order valence-corrected chi connectivity index (χ1v) is 6.09. The number of para-hydroxylation sites is 1. The van der Waals surface area contributed by atoms with Gasteiger partial charge in [-0.3, -0.25) is 0 Å². The van der Waals surface area contributed by atoms with Gasteiger partial charge < -0.3 is 5.32 Å². The number of hydrogen-bond donors (Lipinski definition) is 1. The van der Waals surface area contributed by atoms with Crippen LogP contribution in [0, 0.1) is 23.2 Å². The molecular weight excluding hydrogens is 196 g/mol. The van der Waals surface area contributed by atoms with Gasteiger partial charge in [0.1, 0.15) is 5.54 Å². The standard InChI is InChI=1S/C14H16N2/c15-10-14(11-6-7-11,12-8-9-12)16-13-4-2-1-3-5-13/h1-5,11-12,16H,6-9H2. The largest absolute Gasteiger partial charge is 0.367 e. The predicted molar refractivity (Wildman–Crippen MR) is 63.9 cm³/mol. The van der Waals surface area contributed by atoms with Gasteiger partial charge in [0.15, 0.2) is 0 Å². The van der Waals surface area contributed by atoms with Gasteiger partial charge >= 0.3 is 0 Å². The van der Waals surface area contributed by atoms with E-state index in [2.05, 4.69) is 23.5 Å². The van der Waals surface area contributed by atoms with Gasteiger partial charge in [-0.25, -0.2) is 0 Å². The predicted octanol–water partition coefficient (Wildman–Crippen LogP) is 3.18. The highest BCUT2D eigenvalue weighted by atomic mass is 15.0. The lowest BCUT2D eigenvalue weighted by Crippen LogP contribution is -2.41. The van der Waals surface area contributed by atoms with E-state index < -0.39 is 0 Å². The van der Waals surface area contributed by atoms with E-state index in [0.717, 1.165) is 5.69 Å². The van der Waals surface area contributed by atoms with Crippen LogP contribution in [0.2, 0.25) is 0 Å². The van der Waals surface area contributed by atoms with E-state index in [1.807, 2.05) is 18.2 Å². The molecular formula is C14H16N2. The Balaban J connectivity index is 1.86. The minimum atomic E-state index is -0.276. The number of nitrogens with one attached hydrogen (secondary N) is 1.